The Morgan fingerprint density at radius 3 is 2.70 bits per heavy atom. The second-order valence-corrected chi connectivity index (χ2v) is 4.93. The topological polar surface area (TPSA) is 52.6 Å². The minimum atomic E-state index is -0.814. The molecule has 1 atom stereocenters. The van der Waals surface area contributed by atoms with E-state index in [9.17, 15) is 14.3 Å². The van der Waals surface area contributed by atoms with Crippen molar-refractivity contribution in [3.8, 4) is 0 Å². The molecule has 2 rings (SSSR count). The summed E-state index contributed by atoms with van der Waals surface area (Å²) in [6, 6.07) is 5.66. The van der Waals surface area contributed by atoms with Gasteiger partial charge in [-0.15, -0.1) is 6.58 Å². The maximum absolute atomic E-state index is 12.9. The number of amides is 2. The minimum Gasteiger partial charge on any atom is -0.387 e. The number of aliphatic hydroxyl groups is 1. The van der Waals surface area contributed by atoms with Crippen LogP contribution in [0, 0.1) is 5.82 Å². The Labute approximate surface area is 117 Å². The zero-order chi connectivity index (χ0) is 14.5. The number of halogens is 1. The lowest BCUT2D eigenvalue weighted by molar-refractivity contribution is 0.118. The highest BCUT2D eigenvalue weighted by Gasteiger charge is 2.33. The monoisotopic (exact) mass is 278 g/mol. The van der Waals surface area contributed by atoms with Gasteiger partial charge in [-0.25, -0.2) is 9.18 Å². The van der Waals surface area contributed by atoms with Gasteiger partial charge in [0, 0.05) is 12.6 Å². The van der Waals surface area contributed by atoms with Crippen LogP contribution in [0.4, 0.5) is 9.18 Å². The Kier molecular flexibility index (Phi) is 4.74. The third kappa shape index (κ3) is 3.81. The van der Waals surface area contributed by atoms with Crippen molar-refractivity contribution in [3.05, 3.63) is 48.3 Å². The molecule has 0 aromatic heterocycles. The Morgan fingerprint density at radius 1 is 1.50 bits per heavy atom. The number of rotatable bonds is 6. The Morgan fingerprint density at radius 2 is 2.15 bits per heavy atom. The summed E-state index contributed by atoms with van der Waals surface area (Å²) in [5, 5.41) is 12.9. The summed E-state index contributed by atoms with van der Waals surface area (Å²) in [4.78, 5) is 13.6. The molecular weight excluding hydrogens is 259 g/mol. The lowest BCUT2D eigenvalue weighted by atomic mass is 10.1. The predicted octanol–water partition coefficient (Wildman–Crippen LogP) is 2.22. The normalized spacial score (nSPS) is 15.5. The van der Waals surface area contributed by atoms with Crippen molar-refractivity contribution in [2.45, 2.75) is 25.0 Å². The Balaban J connectivity index is 1.98. The van der Waals surface area contributed by atoms with Gasteiger partial charge in [0.2, 0.25) is 0 Å². The van der Waals surface area contributed by atoms with Crippen molar-refractivity contribution in [3.63, 3.8) is 0 Å². The molecular formula is C15H19FN2O2. The molecule has 1 fully saturated rings. The highest BCUT2D eigenvalue weighted by atomic mass is 19.1. The van der Waals surface area contributed by atoms with E-state index in [1.807, 2.05) is 0 Å². The van der Waals surface area contributed by atoms with Gasteiger partial charge in [0.25, 0.3) is 0 Å². The standard InChI is InChI=1S/C15H19FN2O2/c1-2-9-17-15(20)18(13-7-8-13)10-14(19)11-3-5-12(16)6-4-11/h2-6,13-14,19H,1,7-10H2,(H,17,20). The number of aliphatic hydroxyl groups excluding tert-OH is 1. The lowest BCUT2D eigenvalue weighted by Gasteiger charge is -2.25. The van der Waals surface area contributed by atoms with Crippen LogP contribution in [0.2, 0.25) is 0 Å². The lowest BCUT2D eigenvalue weighted by Crippen LogP contribution is -2.43. The Hall–Kier alpha value is -1.88. The van der Waals surface area contributed by atoms with Crippen LogP contribution in [0.15, 0.2) is 36.9 Å². The number of benzene rings is 1. The van der Waals surface area contributed by atoms with Gasteiger partial charge in [0.05, 0.1) is 12.6 Å². The molecule has 0 heterocycles. The highest BCUT2D eigenvalue weighted by Crippen LogP contribution is 2.29. The first-order valence-electron chi connectivity index (χ1n) is 6.70. The number of hydrogen-bond acceptors (Lipinski definition) is 2. The van der Waals surface area contributed by atoms with Gasteiger partial charge in [-0.1, -0.05) is 18.2 Å². The van der Waals surface area contributed by atoms with E-state index >= 15 is 0 Å². The molecule has 0 saturated heterocycles. The first kappa shape index (κ1) is 14.5. The van der Waals surface area contributed by atoms with Crippen molar-refractivity contribution >= 4 is 6.03 Å². The summed E-state index contributed by atoms with van der Waals surface area (Å²) < 4.78 is 12.9. The average Bonchev–Trinajstić information content (AvgIpc) is 3.27. The van der Waals surface area contributed by atoms with Crippen LogP contribution in [0.3, 0.4) is 0 Å². The van der Waals surface area contributed by atoms with Gasteiger partial charge in [-0.05, 0) is 30.5 Å². The molecule has 2 amide bonds. The number of urea groups is 1. The second kappa shape index (κ2) is 6.52. The van der Waals surface area contributed by atoms with E-state index < -0.39 is 6.10 Å². The molecule has 108 valence electrons. The zero-order valence-corrected chi connectivity index (χ0v) is 11.3. The van der Waals surface area contributed by atoms with Gasteiger partial charge in [-0.3, -0.25) is 0 Å². The summed E-state index contributed by atoms with van der Waals surface area (Å²) in [6.45, 7) is 4.16. The molecule has 20 heavy (non-hydrogen) atoms. The Bertz CT molecular complexity index is 471. The minimum absolute atomic E-state index is 0.190. The molecule has 1 aromatic rings. The summed E-state index contributed by atoms with van der Waals surface area (Å²) in [5.41, 5.74) is 0.605. The van der Waals surface area contributed by atoms with Crippen LogP contribution in [0.5, 0.6) is 0 Å². The summed E-state index contributed by atoms with van der Waals surface area (Å²) in [7, 11) is 0. The third-order valence-electron chi connectivity index (χ3n) is 3.27. The predicted molar refractivity (Wildman–Crippen MR) is 74.7 cm³/mol. The second-order valence-electron chi connectivity index (χ2n) is 4.93. The fourth-order valence-corrected chi connectivity index (χ4v) is 2.02. The molecule has 0 bridgehead atoms. The van der Waals surface area contributed by atoms with Crippen LogP contribution in [0.1, 0.15) is 24.5 Å². The number of nitrogens with one attached hydrogen (secondary N) is 1. The number of carbonyl (C=O) groups excluding carboxylic acids is 1. The fourth-order valence-electron chi connectivity index (χ4n) is 2.02. The molecule has 2 N–H and O–H groups in total. The van der Waals surface area contributed by atoms with Crippen LogP contribution < -0.4 is 5.32 Å². The molecule has 5 heteroatoms. The first-order chi connectivity index (χ1) is 9.61. The van der Waals surface area contributed by atoms with Crippen molar-refractivity contribution < 1.29 is 14.3 Å². The van der Waals surface area contributed by atoms with Gasteiger partial charge < -0.3 is 15.3 Å². The van der Waals surface area contributed by atoms with Crippen LogP contribution >= 0.6 is 0 Å². The quantitative estimate of drug-likeness (QED) is 0.784. The van der Waals surface area contributed by atoms with E-state index in [2.05, 4.69) is 11.9 Å². The molecule has 0 spiro atoms. The molecule has 0 aliphatic heterocycles. The van der Waals surface area contributed by atoms with E-state index in [1.165, 1.54) is 24.3 Å². The summed E-state index contributed by atoms with van der Waals surface area (Å²) in [6.07, 6.45) is 2.71. The molecule has 1 aromatic carbocycles. The number of hydrogen-bond donors (Lipinski definition) is 2. The third-order valence-corrected chi connectivity index (χ3v) is 3.27. The van der Waals surface area contributed by atoms with E-state index in [4.69, 9.17) is 0 Å². The fraction of sp³-hybridized carbons (Fsp3) is 0.400. The van der Waals surface area contributed by atoms with E-state index in [-0.39, 0.29) is 24.4 Å². The molecule has 1 unspecified atom stereocenters. The zero-order valence-electron chi connectivity index (χ0n) is 11.3. The van der Waals surface area contributed by atoms with Crippen LogP contribution in [-0.2, 0) is 0 Å². The smallest absolute Gasteiger partial charge is 0.317 e. The number of nitrogens with zero attached hydrogens (tertiary/aromatic N) is 1. The maximum atomic E-state index is 12.9. The van der Waals surface area contributed by atoms with E-state index in [0.717, 1.165) is 12.8 Å². The van der Waals surface area contributed by atoms with Gasteiger partial charge >= 0.3 is 6.03 Å². The van der Waals surface area contributed by atoms with E-state index in [0.29, 0.717) is 12.1 Å². The highest BCUT2D eigenvalue weighted by molar-refractivity contribution is 5.75. The van der Waals surface area contributed by atoms with Crippen molar-refractivity contribution in [1.29, 1.82) is 0 Å². The molecule has 1 aliphatic rings. The van der Waals surface area contributed by atoms with Crippen molar-refractivity contribution in [2.75, 3.05) is 13.1 Å². The number of carbonyl (C=O) groups is 1. The largest absolute Gasteiger partial charge is 0.387 e. The molecule has 1 saturated carbocycles. The average molecular weight is 278 g/mol. The molecule has 1 aliphatic carbocycles. The van der Waals surface area contributed by atoms with Crippen molar-refractivity contribution in [1.82, 2.24) is 10.2 Å². The van der Waals surface area contributed by atoms with Crippen LogP contribution in [-0.4, -0.2) is 35.2 Å². The van der Waals surface area contributed by atoms with Crippen molar-refractivity contribution in [2.24, 2.45) is 0 Å². The summed E-state index contributed by atoms with van der Waals surface area (Å²) in [5.74, 6) is -0.344. The van der Waals surface area contributed by atoms with Gasteiger partial charge in [0.1, 0.15) is 5.82 Å². The maximum Gasteiger partial charge on any atom is 0.317 e. The van der Waals surface area contributed by atoms with Gasteiger partial charge in [-0.2, -0.15) is 0 Å². The molecule has 0 radical (unpaired) electrons. The first-order valence-corrected chi connectivity index (χ1v) is 6.70. The van der Waals surface area contributed by atoms with Crippen LogP contribution in [0.25, 0.3) is 0 Å². The van der Waals surface area contributed by atoms with Gasteiger partial charge in [0.15, 0.2) is 0 Å². The SMILES string of the molecule is C=CCNC(=O)N(CC(O)c1ccc(F)cc1)C1CC1. The summed E-state index contributed by atoms with van der Waals surface area (Å²) >= 11 is 0. The molecule has 4 nitrogen and oxygen atoms in total. The van der Waals surface area contributed by atoms with E-state index in [1.54, 1.807) is 11.0 Å².